The van der Waals surface area contributed by atoms with E-state index in [9.17, 15) is 9.59 Å². The second-order valence-electron chi connectivity index (χ2n) is 6.29. The minimum Gasteiger partial charge on any atom is -0.497 e. The Morgan fingerprint density at radius 2 is 1.66 bits per heavy atom. The van der Waals surface area contributed by atoms with Crippen molar-refractivity contribution in [3.8, 4) is 16.9 Å². The fourth-order valence-corrected chi connectivity index (χ4v) is 3.17. The first-order valence-electron chi connectivity index (χ1n) is 8.99. The van der Waals surface area contributed by atoms with Crippen LogP contribution in [0, 0.1) is 0 Å². The zero-order chi connectivity index (χ0) is 20.8. The number of esters is 1. The average Bonchev–Trinajstić information content (AvgIpc) is 2.75. The van der Waals surface area contributed by atoms with E-state index in [-0.39, 0.29) is 5.56 Å². The van der Waals surface area contributed by atoms with Gasteiger partial charge in [0.15, 0.2) is 6.10 Å². The highest BCUT2D eigenvalue weighted by Gasteiger charge is 2.22. The van der Waals surface area contributed by atoms with Crippen LogP contribution in [0.5, 0.6) is 5.75 Å². The minimum absolute atomic E-state index is 0.286. The molecule has 3 aromatic carbocycles. The van der Waals surface area contributed by atoms with Crippen molar-refractivity contribution in [2.24, 2.45) is 0 Å². The molecule has 0 fully saturated rings. The molecule has 148 valence electrons. The van der Waals surface area contributed by atoms with Crippen molar-refractivity contribution in [1.82, 2.24) is 0 Å². The normalized spacial score (nSPS) is 11.4. The molecule has 0 saturated heterocycles. The molecule has 3 aromatic rings. The van der Waals surface area contributed by atoms with E-state index >= 15 is 0 Å². The van der Waals surface area contributed by atoms with Gasteiger partial charge in [0, 0.05) is 15.7 Å². The summed E-state index contributed by atoms with van der Waals surface area (Å²) in [6.45, 7) is 1.53. The highest BCUT2D eigenvalue weighted by atomic mass is 79.9. The molecule has 5 nitrogen and oxygen atoms in total. The van der Waals surface area contributed by atoms with Crippen LogP contribution in [-0.2, 0) is 9.53 Å². The van der Waals surface area contributed by atoms with Gasteiger partial charge in [-0.25, -0.2) is 4.79 Å². The number of nitrogens with one attached hydrogen (secondary N) is 1. The van der Waals surface area contributed by atoms with Gasteiger partial charge in [0.1, 0.15) is 5.75 Å². The lowest BCUT2D eigenvalue weighted by molar-refractivity contribution is -0.123. The maximum Gasteiger partial charge on any atom is 0.340 e. The number of benzene rings is 3. The summed E-state index contributed by atoms with van der Waals surface area (Å²) in [6, 6.07) is 22.2. The van der Waals surface area contributed by atoms with Crippen LogP contribution in [0.25, 0.3) is 11.1 Å². The summed E-state index contributed by atoms with van der Waals surface area (Å²) in [5.41, 5.74) is 2.80. The maximum atomic E-state index is 12.6. The lowest BCUT2D eigenvalue weighted by Gasteiger charge is -2.16. The Kier molecular flexibility index (Phi) is 6.67. The van der Waals surface area contributed by atoms with Gasteiger partial charge in [-0.3, -0.25) is 4.79 Å². The number of ether oxygens (including phenoxy) is 2. The van der Waals surface area contributed by atoms with Crippen molar-refractivity contribution < 1.29 is 19.1 Å². The molecule has 3 rings (SSSR count). The third-order valence-electron chi connectivity index (χ3n) is 4.32. The third kappa shape index (κ3) is 5.03. The number of anilines is 1. The second-order valence-corrected chi connectivity index (χ2v) is 7.15. The van der Waals surface area contributed by atoms with E-state index in [4.69, 9.17) is 9.47 Å². The number of hydrogen-bond donors (Lipinski definition) is 1. The average molecular weight is 454 g/mol. The van der Waals surface area contributed by atoms with Crippen LogP contribution in [0.3, 0.4) is 0 Å². The molecule has 1 atom stereocenters. The molecular weight excluding hydrogens is 434 g/mol. The zero-order valence-corrected chi connectivity index (χ0v) is 17.6. The molecule has 1 amide bonds. The van der Waals surface area contributed by atoms with Crippen molar-refractivity contribution in [1.29, 1.82) is 0 Å². The smallest absolute Gasteiger partial charge is 0.340 e. The van der Waals surface area contributed by atoms with Gasteiger partial charge in [-0.1, -0.05) is 48.5 Å². The van der Waals surface area contributed by atoms with E-state index in [2.05, 4.69) is 21.2 Å². The first-order chi connectivity index (χ1) is 14.0. The largest absolute Gasteiger partial charge is 0.497 e. The summed E-state index contributed by atoms with van der Waals surface area (Å²) < 4.78 is 11.1. The van der Waals surface area contributed by atoms with Gasteiger partial charge in [0.05, 0.1) is 12.7 Å². The van der Waals surface area contributed by atoms with E-state index in [1.807, 2.05) is 54.6 Å². The first kappa shape index (κ1) is 20.6. The quantitative estimate of drug-likeness (QED) is 0.513. The molecule has 0 saturated carbocycles. The van der Waals surface area contributed by atoms with Crippen molar-refractivity contribution in [3.05, 3.63) is 82.8 Å². The maximum absolute atomic E-state index is 12.6. The molecule has 0 aliphatic heterocycles. The number of rotatable bonds is 6. The molecular formula is C23H20BrNO4. The number of para-hydroxylation sites is 1. The third-order valence-corrected chi connectivity index (χ3v) is 5.01. The van der Waals surface area contributed by atoms with Crippen LogP contribution in [0.1, 0.15) is 17.3 Å². The van der Waals surface area contributed by atoms with Crippen molar-refractivity contribution in [2.75, 3.05) is 12.4 Å². The Hall–Kier alpha value is -3.12. The SMILES string of the molecule is COc1ccc(Br)c(C(=O)OC(C)C(=O)Nc2ccccc2-c2ccccc2)c1. The molecule has 29 heavy (non-hydrogen) atoms. The number of carbonyl (C=O) groups is 2. The molecule has 0 radical (unpaired) electrons. The molecule has 0 bridgehead atoms. The highest BCUT2D eigenvalue weighted by molar-refractivity contribution is 9.10. The molecule has 1 N–H and O–H groups in total. The highest BCUT2D eigenvalue weighted by Crippen LogP contribution is 2.28. The standard InChI is InChI=1S/C23H20BrNO4/c1-15(29-23(27)19-14-17(28-2)12-13-20(19)24)22(26)25-21-11-7-6-10-18(21)16-8-4-3-5-9-16/h3-15H,1-2H3,(H,25,26). The number of amides is 1. The molecule has 6 heteroatoms. The van der Waals surface area contributed by atoms with Crippen molar-refractivity contribution >= 4 is 33.5 Å². The minimum atomic E-state index is -0.982. The lowest BCUT2D eigenvalue weighted by atomic mass is 10.0. The molecule has 0 spiro atoms. The zero-order valence-electron chi connectivity index (χ0n) is 16.0. The van der Waals surface area contributed by atoms with E-state index in [1.54, 1.807) is 18.2 Å². The summed E-state index contributed by atoms with van der Waals surface area (Å²) in [5.74, 6) is -0.510. The van der Waals surface area contributed by atoms with Crippen molar-refractivity contribution in [3.63, 3.8) is 0 Å². The number of halogens is 1. The summed E-state index contributed by atoms with van der Waals surface area (Å²) in [4.78, 5) is 25.1. The summed E-state index contributed by atoms with van der Waals surface area (Å²) in [5, 5.41) is 2.85. The summed E-state index contributed by atoms with van der Waals surface area (Å²) in [6.07, 6.45) is -0.982. The first-order valence-corrected chi connectivity index (χ1v) is 9.78. The Balaban J connectivity index is 1.73. The monoisotopic (exact) mass is 453 g/mol. The predicted octanol–water partition coefficient (Wildman–Crippen LogP) is 5.31. The number of hydrogen-bond acceptors (Lipinski definition) is 4. The van der Waals surface area contributed by atoms with Crippen LogP contribution in [-0.4, -0.2) is 25.1 Å². The van der Waals surface area contributed by atoms with Gasteiger partial charge in [-0.15, -0.1) is 0 Å². The molecule has 1 unspecified atom stereocenters. The fraction of sp³-hybridized carbons (Fsp3) is 0.130. The second kappa shape index (κ2) is 9.39. The molecule has 0 aliphatic carbocycles. The van der Waals surface area contributed by atoms with Gasteiger partial charge < -0.3 is 14.8 Å². The Labute approximate surface area is 177 Å². The summed E-state index contributed by atoms with van der Waals surface area (Å²) >= 11 is 3.32. The Morgan fingerprint density at radius 1 is 0.966 bits per heavy atom. The van der Waals surface area contributed by atoms with Crippen LogP contribution in [0.4, 0.5) is 5.69 Å². The van der Waals surface area contributed by atoms with E-state index < -0.39 is 18.0 Å². The van der Waals surface area contributed by atoms with Crippen LogP contribution in [0.2, 0.25) is 0 Å². The summed E-state index contributed by atoms with van der Waals surface area (Å²) in [7, 11) is 1.51. The molecule has 0 aliphatic rings. The topological polar surface area (TPSA) is 64.6 Å². The number of methoxy groups -OCH3 is 1. The van der Waals surface area contributed by atoms with Crippen LogP contribution >= 0.6 is 15.9 Å². The van der Waals surface area contributed by atoms with Crippen LogP contribution in [0.15, 0.2) is 77.3 Å². The van der Waals surface area contributed by atoms with Gasteiger partial charge in [0.25, 0.3) is 5.91 Å². The van der Waals surface area contributed by atoms with Gasteiger partial charge in [0.2, 0.25) is 0 Å². The predicted molar refractivity (Wildman–Crippen MR) is 116 cm³/mol. The van der Waals surface area contributed by atoms with E-state index in [0.29, 0.717) is 15.9 Å². The van der Waals surface area contributed by atoms with E-state index in [1.165, 1.54) is 14.0 Å². The molecule has 0 heterocycles. The molecule has 0 aromatic heterocycles. The van der Waals surface area contributed by atoms with Gasteiger partial charge in [-0.2, -0.15) is 0 Å². The lowest BCUT2D eigenvalue weighted by Crippen LogP contribution is -2.30. The van der Waals surface area contributed by atoms with Gasteiger partial charge >= 0.3 is 5.97 Å². The van der Waals surface area contributed by atoms with Crippen LogP contribution < -0.4 is 10.1 Å². The van der Waals surface area contributed by atoms with Crippen molar-refractivity contribution in [2.45, 2.75) is 13.0 Å². The fourth-order valence-electron chi connectivity index (χ4n) is 2.76. The van der Waals surface area contributed by atoms with Gasteiger partial charge in [-0.05, 0) is 52.7 Å². The van der Waals surface area contributed by atoms with E-state index in [0.717, 1.165) is 11.1 Å². The Bertz CT molecular complexity index is 1020. The Morgan fingerprint density at radius 3 is 2.38 bits per heavy atom. The number of carbonyl (C=O) groups excluding carboxylic acids is 2.